The Balaban J connectivity index is 1.30. The maximum atomic E-state index is 12.7. The number of amides is 1. The van der Waals surface area contributed by atoms with Crippen LogP contribution in [-0.2, 0) is 32.0 Å². The summed E-state index contributed by atoms with van der Waals surface area (Å²) >= 11 is 0. The molecule has 0 bridgehead atoms. The van der Waals surface area contributed by atoms with E-state index in [-0.39, 0.29) is 12.7 Å². The molecule has 32 heavy (non-hydrogen) atoms. The largest absolute Gasteiger partial charge is 0.458 e. The van der Waals surface area contributed by atoms with Gasteiger partial charge < -0.3 is 14.2 Å². The zero-order valence-corrected chi connectivity index (χ0v) is 17.6. The Labute approximate surface area is 187 Å². The lowest BCUT2D eigenvalue weighted by Gasteiger charge is -2.17. The molecule has 3 aromatic rings. The van der Waals surface area contributed by atoms with Gasteiger partial charge in [0.2, 0.25) is 6.10 Å². The van der Waals surface area contributed by atoms with E-state index in [2.05, 4.69) is 17.4 Å². The van der Waals surface area contributed by atoms with E-state index in [9.17, 15) is 9.59 Å². The highest BCUT2D eigenvalue weighted by atomic mass is 16.6. The Hall–Kier alpha value is -3.64. The summed E-state index contributed by atoms with van der Waals surface area (Å²) in [6.07, 6.45) is -0.719. The number of carbonyl (C=O) groups is 2. The van der Waals surface area contributed by atoms with E-state index in [1.807, 2.05) is 54.6 Å². The van der Waals surface area contributed by atoms with E-state index < -0.39 is 24.4 Å². The van der Waals surface area contributed by atoms with Crippen LogP contribution in [0.4, 0.5) is 4.79 Å². The minimum absolute atomic E-state index is 0.0667. The van der Waals surface area contributed by atoms with Gasteiger partial charge in [0.25, 0.3) is 0 Å². The smallest absolute Gasteiger partial charge is 0.410 e. The van der Waals surface area contributed by atoms with Crippen LogP contribution >= 0.6 is 0 Å². The van der Waals surface area contributed by atoms with E-state index >= 15 is 0 Å². The topological polar surface area (TPSA) is 77.2 Å². The van der Waals surface area contributed by atoms with Crippen LogP contribution in [0.25, 0.3) is 0 Å². The highest BCUT2D eigenvalue weighted by Gasteiger charge is 2.40. The van der Waals surface area contributed by atoms with Gasteiger partial charge in [0.15, 0.2) is 6.23 Å². The number of epoxide rings is 1. The molecule has 1 saturated heterocycles. The molecule has 0 aromatic heterocycles. The lowest BCUT2D eigenvalue weighted by Crippen LogP contribution is -2.32. The molecule has 1 unspecified atom stereocenters. The van der Waals surface area contributed by atoms with Crippen molar-refractivity contribution in [2.45, 2.75) is 37.9 Å². The first kappa shape index (κ1) is 21.6. The number of esters is 1. The second kappa shape index (κ2) is 10.6. The van der Waals surface area contributed by atoms with Gasteiger partial charge in [-0.15, -0.1) is 0 Å². The fourth-order valence-electron chi connectivity index (χ4n) is 3.38. The molecule has 1 heterocycles. The molecule has 3 atom stereocenters. The second-order valence-electron chi connectivity index (χ2n) is 7.55. The molecule has 6 heteroatoms. The van der Waals surface area contributed by atoms with Crippen molar-refractivity contribution < 1.29 is 23.8 Å². The summed E-state index contributed by atoms with van der Waals surface area (Å²) in [5.41, 5.74) is 2.61. The molecule has 0 saturated carbocycles. The van der Waals surface area contributed by atoms with Gasteiger partial charge >= 0.3 is 12.1 Å². The number of benzene rings is 3. The molecule has 0 spiro atoms. The van der Waals surface area contributed by atoms with Crippen LogP contribution in [0.2, 0.25) is 0 Å². The minimum atomic E-state index is -1.17. The predicted molar refractivity (Wildman–Crippen MR) is 118 cm³/mol. The molecule has 1 aliphatic rings. The van der Waals surface area contributed by atoms with E-state index in [1.165, 1.54) is 5.56 Å². The summed E-state index contributed by atoms with van der Waals surface area (Å²) < 4.78 is 16.4. The zero-order chi connectivity index (χ0) is 22.2. The third-order valence-electron chi connectivity index (χ3n) is 5.17. The van der Waals surface area contributed by atoms with E-state index in [1.54, 1.807) is 24.3 Å². The average molecular weight is 431 g/mol. The van der Waals surface area contributed by atoms with Crippen molar-refractivity contribution in [1.29, 1.82) is 0 Å². The van der Waals surface area contributed by atoms with E-state index in [0.29, 0.717) is 5.56 Å². The van der Waals surface area contributed by atoms with Crippen LogP contribution in [0, 0.1) is 0 Å². The Morgan fingerprint density at radius 2 is 1.44 bits per heavy atom. The SMILES string of the molecule is O=C(N[C@H]1O[C@H]1CCc1ccccc1)OC(C(=O)OCc1ccccc1)c1ccccc1. The lowest BCUT2D eigenvalue weighted by atomic mass is 10.1. The molecule has 1 fully saturated rings. The monoisotopic (exact) mass is 431 g/mol. The third-order valence-corrected chi connectivity index (χ3v) is 5.17. The molecule has 1 aliphatic heterocycles. The Morgan fingerprint density at radius 3 is 2.09 bits per heavy atom. The van der Waals surface area contributed by atoms with Crippen molar-refractivity contribution in [1.82, 2.24) is 5.32 Å². The molecule has 3 aromatic carbocycles. The van der Waals surface area contributed by atoms with Crippen LogP contribution in [0.15, 0.2) is 91.0 Å². The molecule has 164 valence electrons. The van der Waals surface area contributed by atoms with E-state index in [0.717, 1.165) is 18.4 Å². The highest BCUT2D eigenvalue weighted by molar-refractivity contribution is 5.80. The Kier molecular flexibility index (Phi) is 7.15. The number of alkyl carbamates (subject to hydrolysis) is 1. The van der Waals surface area contributed by atoms with Crippen LogP contribution < -0.4 is 5.32 Å². The molecule has 4 rings (SSSR count). The molecular formula is C26H25NO5. The number of hydrogen-bond donors (Lipinski definition) is 1. The Morgan fingerprint density at radius 1 is 0.844 bits per heavy atom. The molecule has 1 N–H and O–H groups in total. The van der Waals surface area contributed by atoms with E-state index in [4.69, 9.17) is 14.2 Å². The number of aryl methyl sites for hydroxylation is 1. The fourth-order valence-corrected chi connectivity index (χ4v) is 3.38. The van der Waals surface area contributed by atoms with Gasteiger partial charge in [-0.05, 0) is 24.0 Å². The summed E-state index contributed by atoms with van der Waals surface area (Å²) in [5.74, 6) is -0.632. The van der Waals surface area contributed by atoms with Crippen LogP contribution in [-0.4, -0.2) is 24.4 Å². The quantitative estimate of drug-likeness (QED) is 0.397. The van der Waals surface area contributed by atoms with Crippen molar-refractivity contribution in [3.8, 4) is 0 Å². The number of hydrogen-bond acceptors (Lipinski definition) is 5. The van der Waals surface area contributed by atoms with Gasteiger partial charge in [-0.3, -0.25) is 5.32 Å². The van der Waals surface area contributed by atoms with Crippen molar-refractivity contribution in [2.75, 3.05) is 0 Å². The van der Waals surface area contributed by atoms with Gasteiger partial charge in [0.05, 0.1) is 0 Å². The number of carbonyl (C=O) groups excluding carboxylic acids is 2. The fraction of sp³-hybridized carbons (Fsp3) is 0.231. The first-order valence-corrected chi connectivity index (χ1v) is 10.6. The van der Waals surface area contributed by atoms with Crippen molar-refractivity contribution in [3.63, 3.8) is 0 Å². The number of nitrogens with one attached hydrogen (secondary N) is 1. The normalized spacial score (nSPS) is 17.8. The summed E-state index contributed by atoms with van der Waals surface area (Å²) in [4.78, 5) is 25.2. The minimum Gasteiger partial charge on any atom is -0.458 e. The maximum Gasteiger partial charge on any atom is 0.410 e. The Bertz CT molecular complexity index is 1010. The van der Waals surface area contributed by atoms with Gasteiger partial charge in [-0.1, -0.05) is 91.0 Å². The van der Waals surface area contributed by atoms with Crippen LogP contribution in [0.3, 0.4) is 0 Å². The van der Waals surface area contributed by atoms with Gasteiger partial charge in [-0.25, -0.2) is 9.59 Å². The standard InChI is InChI=1S/C26H25NO5/c28-25(30-18-20-12-6-2-7-13-20)23(21-14-8-3-9-15-21)32-26(29)27-24-22(31-24)17-16-19-10-4-1-5-11-19/h1-15,22-24H,16-18H2,(H,27,29)/t22-,23?,24-/m0/s1. The molecular weight excluding hydrogens is 406 g/mol. The predicted octanol–water partition coefficient (Wildman–Crippen LogP) is 4.56. The van der Waals surface area contributed by atoms with Gasteiger partial charge in [0, 0.05) is 5.56 Å². The number of ether oxygens (including phenoxy) is 3. The zero-order valence-electron chi connectivity index (χ0n) is 17.6. The highest BCUT2D eigenvalue weighted by Crippen LogP contribution is 2.26. The lowest BCUT2D eigenvalue weighted by molar-refractivity contribution is -0.155. The summed E-state index contributed by atoms with van der Waals surface area (Å²) in [7, 11) is 0. The molecule has 1 amide bonds. The average Bonchev–Trinajstić information content (AvgIpc) is 3.59. The summed E-state index contributed by atoms with van der Waals surface area (Å²) in [6.45, 7) is 0.0985. The summed E-state index contributed by atoms with van der Waals surface area (Å²) in [5, 5.41) is 2.68. The molecule has 0 radical (unpaired) electrons. The maximum absolute atomic E-state index is 12.7. The van der Waals surface area contributed by atoms with Crippen molar-refractivity contribution in [3.05, 3.63) is 108 Å². The van der Waals surface area contributed by atoms with Crippen LogP contribution in [0.1, 0.15) is 29.2 Å². The summed E-state index contributed by atoms with van der Waals surface area (Å²) in [6, 6.07) is 28.2. The first-order valence-electron chi connectivity index (χ1n) is 10.6. The van der Waals surface area contributed by atoms with Crippen LogP contribution in [0.5, 0.6) is 0 Å². The number of rotatable bonds is 9. The second-order valence-corrected chi connectivity index (χ2v) is 7.55. The van der Waals surface area contributed by atoms with Gasteiger partial charge in [-0.2, -0.15) is 0 Å². The third kappa shape index (κ3) is 6.18. The van der Waals surface area contributed by atoms with Crippen molar-refractivity contribution in [2.24, 2.45) is 0 Å². The van der Waals surface area contributed by atoms with Crippen molar-refractivity contribution >= 4 is 12.1 Å². The molecule has 6 nitrogen and oxygen atoms in total. The first-order chi connectivity index (χ1) is 15.7. The molecule has 0 aliphatic carbocycles. The van der Waals surface area contributed by atoms with Gasteiger partial charge in [0.1, 0.15) is 12.7 Å².